The number of carbonyl (C=O) groups is 2. The molecule has 1 aliphatic carbocycles. The first-order valence-electron chi connectivity index (χ1n) is 14.0. The summed E-state index contributed by atoms with van der Waals surface area (Å²) in [6.07, 6.45) is 12.1. The minimum Gasteiger partial charge on any atom is -0.463 e. The number of benzene rings is 2. The maximum atomic E-state index is 13.4. The molecule has 0 fully saturated rings. The van der Waals surface area contributed by atoms with Crippen LogP contribution >= 0.6 is 11.6 Å². The van der Waals surface area contributed by atoms with Crippen molar-refractivity contribution in [2.24, 2.45) is 5.41 Å². The summed E-state index contributed by atoms with van der Waals surface area (Å²) in [6, 6.07) is 18.5. The van der Waals surface area contributed by atoms with E-state index >= 15 is 0 Å². The molecule has 0 aromatic heterocycles. The van der Waals surface area contributed by atoms with Gasteiger partial charge >= 0.3 is 11.9 Å². The van der Waals surface area contributed by atoms with Gasteiger partial charge in [0.1, 0.15) is 6.61 Å². The second kappa shape index (κ2) is 14.9. The van der Waals surface area contributed by atoms with Crippen LogP contribution in [0.5, 0.6) is 0 Å². The molecule has 204 valence electrons. The molecule has 3 atom stereocenters. The molecule has 3 rings (SSSR count). The van der Waals surface area contributed by atoms with Crippen molar-refractivity contribution < 1.29 is 19.1 Å². The second-order valence-electron chi connectivity index (χ2n) is 10.2. The van der Waals surface area contributed by atoms with E-state index in [0.717, 1.165) is 67.2 Å². The van der Waals surface area contributed by atoms with E-state index in [2.05, 4.69) is 43.3 Å². The number of allylic oxidation sites excluding steroid dienone is 3. The van der Waals surface area contributed by atoms with Crippen molar-refractivity contribution in [1.82, 2.24) is 0 Å². The SMILES string of the molecule is CCCCCC[C@@H](C)OC(=O)C1(C(=O)OC[C@@H](Cl)CCC)C=CC(c2ccc(-c3ccccc3)cc2)=CC1. The summed E-state index contributed by atoms with van der Waals surface area (Å²) >= 11 is 6.29. The molecule has 2 aromatic carbocycles. The largest absolute Gasteiger partial charge is 0.463 e. The van der Waals surface area contributed by atoms with E-state index in [-0.39, 0.29) is 24.5 Å². The maximum Gasteiger partial charge on any atom is 0.328 e. The van der Waals surface area contributed by atoms with Gasteiger partial charge in [-0.3, -0.25) is 9.59 Å². The predicted octanol–water partition coefficient (Wildman–Crippen LogP) is 8.54. The third-order valence-corrected chi connectivity index (χ3v) is 7.36. The van der Waals surface area contributed by atoms with Gasteiger partial charge in [-0.15, -0.1) is 11.6 Å². The van der Waals surface area contributed by atoms with Crippen LogP contribution in [0.2, 0.25) is 0 Å². The summed E-state index contributed by atoms with van der Waals surface area (Å²) in [5.41, 5.74) is 2.75. The Balaban J connectivity index is 1.74. The van der Waals surface area contributed by atoms with Crippen molar-refractivity contribution in [2.45, 2.75) is 83.6 Å². The average molecular weight is 537 g/mol. The Bertz CT molecular complexity index is 1090. The van der Waals surface area contributed by atoms with Gasteiger partial charge in [-0.2, -0.15) is 0 Å². The molecule has 2 aromatic rings. The molecule has 0 amide bonds. The third kappa shape index (κ3) is 8.07. The highest BCUT2D eigenvalue weighted by Crippen LogP contribution is 2.37. The number of rotatable bonds is 14. The summed E-state index contributed by atoms with van der Waals surface area (Å²) in [5, 5.41) is -0.281. The topological polar surface area (TPSA) is 52.6 Å². The van der Waals surface area contributed by atoms with Crippen molar-refractivity contribution in [3.63, 3.8) is 0 Å². The van der Waals surface area contributed by atoms with Gasteiger partial charge in [0, 0.05) is 0 Å². The van der Waals surface area contributed by atoms with Crippen molar-refractivity contribution >= 4 is 29.1 Å². The molecule has 0 aliphatic heterocycles. The van der Waals surface area contributed by atoms with Crippen molar-refractivity contribution in [1.29, 1.82) is 0 Å². The van der Waals surface area contributed by atoms with E-state index in [0.29, 0.717) is 0 Å². The minimum atomic E-state index is -1.51. The number of esters is 2. The summed E-state index contributed by atoms with van der Waals surface area (Å²) in [6.45, 7) is 6.16. The molecule has 0 N–H and O–H groups in total. The molecule has 0 saturated carbocycles. The summed E-state index contributed by atoms with van der Waals surface area (Å²) in [7, 11) is 0. The van der Waals surface area contributed by atoms with E-state index in [1.54, 1.807) is 6.08 Å². The van der Waals surface area contributed by atoms with Gasteiger partial charge in [0.25, 0.3) is 0 Å². The normalized spacial score (nSPS) is 18.4. The van der Waals surface area contributed by atoms with E-state index < -0.39 is 17.4 Å². The molecular formula is C33H41ClO4. The van der Waals surface area contributed by atoms with Crippen LogP contribution in [0.25, 0.3) is 16.7 Å². The molecule has 0 radical (unpaired) electrons. The first kappa shape index (κ1) is 29.7. The van der Waals surface area contributed by atoms with Crippen LogP contribution in [-0.4, -0.2) is 30.0 Å². The highest BCUT2D eigenvalue weighted by molar-refractivity contribution is 6.20. The molecule has 5 heteroatoms. The van der Waals surface area contributed by atoms with Gasteiger partial charge < -0.3 is 9.47 Å². The minimum absolute atomic E-state index is 0.0706. The lowest BCUT2D eigenvalue weighted by atomic mass is 9.78. The molecule has 4 nitrogen and oxygen atoms in total. The fraction of sp³-hybridized carbons (Fsp3) is 0.455. The Morgan fingerprint density at radius 3 is 2.18 bits per heavy atom. The van der Waals surface area contributed by atoms with Gasteiger partial charge in [-0.25, -0.2) is 0 Å². The lowest BCUT2D eigenvalue weighted by Gasteiger charge is -2.30. The van der Waals surface area contributed by atoms with Crippen LogP contribution in [0.1, 0.15) is 77.7 Å². The summed E-state index contributed by atoms with van der Waals surface area (Å²) < 4.78 is 11.4. The number of alkyl halides is 1. The Labute approximate surface area is 233 Å². The standard InChI is InChI=1S/C33H41ClO4/c1-4-6-7-9-13-25(3)38-32(36)33(31(35)37-24-30(34)12-5-2)22-20-29(21-23-33)28-18-16-27(17-19-28)26-14-10-8-11-15-26/h8,10-11,14-22,25,30H,4-7,9,12-13,23-24H2,1-3H3/t25-,30+,33?/m1/s1. The van der Waals surface area contributed by atoms with Crippen LogP contribution < -0.4 is 0 Å². The van der Waals surface area contributed by atoms with E-state index in [1.165, 1.54) is 0 Å². The lowest BCUT2D eigenvalue weighted by Crippen LogP contribution is -2.42. The third-order valence-electron chi connectivity index (χ3n) is 7.01. The van der Waals surface area contributed by atoms with Crippen LogP contribution in [0, 0.1) is 5.41 Å². The molecule has 1 aliphatic rings. The Morgan fingerprint density at radius 1 is 0.868 bits per heavy atom. The number of hydrogen-bond acceptors (Lipinski definition) is 4. The van der Waals surface area contributed by atoms with Crippen molar-refractivity contribution in [3.8, 4) is 11.1 Å². The van der Waals surface area contributed by atoms with Crippen molar-refractivity contribution in [2.75, 3.05) is 6.61 Å². The fourth-order valence-corrected chi connectivity index (χ4v) is 4.90. The van der Waals surface area contributed by atoms with E-state index in [1.807, 2.05) is 44.2 Å². The Hall–Kier alpha value is -2.85. The zero-order valence-electron chi connectivity index (χ0n) is 23.0. The van der Waals surface area contributed by atoms with Gasteiger partial charge in [-0.05, 0) is 54.9 Å². The van der Waals surface area contributed by atoms with E-state index in [9.17, 15) is 9.59 Å². The number of hydrogen-bond donors (Lipinski definition) is 0. The highest BCUT2D eigenvalue weighted by atomic mass is 35.5. The molecule has 38 heavy (non-hydrogen) atoms. The van der Waals surface area contributed by atoms with Crippen LogP contribution in [0.4, 0.5) is 0 Å². The smallest absolute Gasteiger partial charge is 0.328 e. The summed E-state index contributed by atoms with van der Waals surface area (Å²) in [5.74, 6) is -1.16. The first-order chi connectivity index (χ1) is 18.4. The quantitative estimate of drug-likeness (QED) is 0.105. The van der Waals surface area contributed by atoms with Crippen LogP contribution in [0.15, 0.2) is 72.8 Å². The number of unbranched alkanes of at least 4 members (excludes halogenated alkanes) is 3. The molecular weight excluding hydrogens is 496 g/mol. The lowest BCUT2D eigenvalue weighted by molar-refractivity contribution is -0.171. The van der Waals surface area contributed by atoms with E-state index in [4.69, 9.17) is 21.1 Å². The zero-order valence-corrected chi connectivity index (χ0v) is 23.7. The van der Waals surface area contributed by atoms with Gasteiger partial charge in [0.15, 0.2) is 5.41 Å². The van der Waals surface area contributed by atoms with Gasteiger partial charge in [-0.1, -0.05) is 112 Å². The van der Waals surface area contributed by atoms with Crippen LogP contribution in [-0.2, 0) is 19.1 Å². The predicted molar refractivity (Wildman–Crippen MR) is 156 cm³/mol. The zero-order chi connectivity index (χ0) is 27.4. The maximum absolute atomic E-state index is 13.4. The molecule has 0 bridgehead atoms. The molecule has 0 spiro atoms. The second-order valence-corrected chi connectivity index (χ2v) is 10.8. The fourth-order valence-electron chi connectivity index (χ4n) is 4.62. The first-order valence-corrected chi connectivity index (χ1v) is 14.4. The highest BCUT2D eigenvalue weighted by Gasteiger charge is 2.48. The van der Waals surface area contributed by atoms with Crippen LogP contribution in [0.3, 0.4) is 0 Å². The van der Waals surface area contributed by atoms with Crippen molar-refractivity contribution in [3.05, 3.63) is 78.4 Å². The van der Waals surface area contributed by atoms with Gasteiger partial charge in [0.2, 0.25) is 0 Å². The Kier molecular flexibility index (Phi) is 11.7. The number of halogens is 1. The summed E-state index contributed by atoms with van der Waals surface area (Å²) in [4.78, 5) is 26.8. The average Bonchev–Trinajstić information content (AvgIpc) is 2.95. The molecule has 0 saturated heterocycles. The Morgan fingerprint density at radius 2 is 1.55 bits per heavy atom. The van der Waals surface area contributed by atoms with Gasteiger partial charge in [0.05, 0.1) is 11.5 Å². The molecule has 1 unspecified atom stereocenters. The molecule has 0 heterocycles. The number of carbonyl (C=O) groups excluding carboxylic acids is 2. The monoisotopic (exact) mass is 536 g/mol. The number of ether oxygens (including phenoxy) is 2.